The molecule has 2 aromatic rings. The number of anilines is 2. The Morgan fingerprint density at radius 1 is 1.19 bits per heavy atom. The lowest BCUT2D eigenvalue weighted by Crippen LogP contribution is -2.36. The minimum Gasteiger partial charge on any atom is -0.338 e. The zero-order valence-corrected chi connectivity index (χ0v) is 19.1. The van der Waals surface area contributed by atoms with Gasteiger partial charge in [-0.05, 0) is 57.0 Å². The number of aryl methyl sites for hydroxylation is 2. The first-order chi connectivity index (χ1) is 15.3. The molecule has 8 heteroatoms. The fourth-order valence-corrected chi connectivity index (χ4v) is 5.55. The minimum absolute atomic E-state index is 0.0598. The van der Waals surface area contributed by atoms with Crippen molar-refractivity contribution in [2.45, 2.75) is 58.5 Å². The topological polar surface area (TPSA) is 44.6 Å². The molecule has 3 aliphatic rings. The Morgan fingerprint density at radius 2 is 2.00 bits per heavy atom. The molecule has 1 amide bonds. The quantitative estimate of drug-likeness (QED) is 0.720. The van der Waals surface area contributed by atoms with Crippen molar-refractivity contribution < 1.29 is 13.6 Å². The van der Waals surface area contributed by atoms with Gasteiger partial charge in [0.25, 0.3) is 6.43 Å². The van der Waals surface area contributed by atoms with Gasteiger partial charge in [0, 0.05) is 55.5 Å². The third-order valence-electron chi connectivity index (χ3n) is 7.30. The van der Waals surface area contributed by atoms with Crippen LogP contribution in [0.2, 0.25) is 0 Å². The molecule has 0 spiro atoms. The fourth-order valence-electron chi connectivity index (χ4n) is 5.55. The lowest BCUT2D eigenvalue weighted by atomic mass is 9.95. The smallest absolute Gasteiger partial charge is 0.264 e. The molecular formula is C24H31F2N5O. The number of halogens is 2. The highest BCUT2D eigenvalue weighted by Crippen LogP contribution is 2.41. The van der Waals surface area contributed by atoms with E-state index >= 15 is 0 Å². The van der Waals surface area contributed by atoms with Gasteiger partial charge in [-0.1, -0.05) is 6.07 Å². The maximum Gasteiger partial charge on any atom is 0.264 e. The van der Waals surface area contributed by atoms with Gasteiger partial charge in [-0.2, -0.15) is 5.10 Å². The van der Waals surface area contributed by atoms with Crippen molar-refractivity contribution in [2.75, 3.05) is 38.1 Å². The molecule has 0 bridgehead atoms. The second-order valence-corrected chi connectivity index (χ2v) is 9.48. The number of hydrogen-bond donors (Lipinski definition) is 0. The predicted octanol–water partition coefficient (Wildman–Crippen LogP) is 3.99. The van der Waals surface area contributed by atoms with Crippen LogP contribution in [0.5, 0.6) is 0 Å². The number of benzene rings is 1. The molecule has 1 atom stereocenters. The number of nitrogens with zero attached hydrogens (tertiary/aromatic N) is 5. The van der Waals surface area contributed by atoms with Gasteiger partial charge in [-0.25, -0.2) is 8.78 Å². The molecule has 6 nitrogen and oxygen atoms in total. The van der Waals surface area contributed by atoms with Gasteiger partial charge in [0.1, 0.15) is 0 Å². The molecule has 0 N–H and O–H groups in total. The van der Waals surface area contributed by atoms with Crippen LogP contribution in [0.4, 0.5) is 20.3 Å². The van der Waals surface area contributed by atoms with Gasteiger partial charge in [0.2, 0.25) is 5.91 Å². The van der Waals surface area contributed by atoms with Gasteiger partial charge >= 0.3 is 0 Å². The third-order valence-corrected chi connectivity index (χ3v) is 7.30. The van der Waals surface area contributed by atoms with Crippen molar-refractivity contribution in [3.05, 3.63) is 40.1 Å². The zero-order chi connectivity index (χ0) is 22.6. The number of amides is 1. The zero-order valence-electron chi connectivity index (χ0n) is 19.1. The summed E-state index contributed by atoms with van der Waals surface area (Å²) in [5.74, 6) is 0.898. The molecule has 0 radical (unpaired) electrons. The van der Waals surface area contributed by atoms with E-state index < -0.39 is 6.43 Å². The number of likely N-dealkylation sites (tertiary alicyclic amines) is 1. The number of carbonyl (C=O) groups excluding carboxylic acids is 1. The van der Waals surface area contributed by atoms with Crippen LogP contribution >= 0.6 is 0 Å². The summed E-state index contributed by atoms with van der Waals surface area (Å²) in [6.07, 6.45) is 1.15. The second kappa shape index (κ2) is 8.14. The summed E-state index contributed by atoms with van der Waals surface area (Å²) in [6.45, 7) is 7.33. The number of hydrogen-bond acceptors (Lipinski definition) is 4. The summed E-state index contributed by atoms with van der Waals surface area (Å²) in [5.41, 5.74) is 4.95. The number of likely N-dealkylation sites (N-methyl/N-ethyl adjacent to an activating group) is 1. The van der Waals surface area contributed by atoms with Gasteiger partial charge in [0.05, 0.1) is 12.6 Å². The molecule has 1 saturated heterocycles. The molecule has 1 aromatic heterocycles. The van der Waals surface area contributed by atoms with Crippen LogP contribution in [0.1, 0.15) is 60.2 Å². The lowest BCUT2D eigenvalue weighted by molar-refractivity contribution is -0.129. The molecule has 4 heterocycles. The first-order valence-corrected chi connectivity index (χ1v) is 11.6. The third kappa shape index (κ3) is 3.58. The Bertz CT molecular complexity index is 1050. The van der Waals surface area contributed by atoms with Gasteiger partial charge in [-0.15, -0.1) is 0 Å². The van der Waals surface area contributed by atoms with E-state index in [4.69, 9.17) is 5.10 Å². The first kappa shape index (κ1) is 21.4. The van der Waals surface area contributed by atoms with Gasteiger partial charge in [0.15, 0.2) is 5.82 Å². The monoisotopic (exact) mass is 443 g/mol. The van der Waals surface area contributed by atoms with E-state index in [0.717, 1.165) is 67.9 Å². The molecule has 0 aliphatic carbocycles. The Hall–Kier alpha value is -2.48. The summed E-state index contributed by atoms with van der Waals surface area (Å²) < 4.78 is 29.6. The number of aromatic nitrogens is 2. The van der Waals surface area contributed by atoms with E-state index in [0.29, 0.717) is 24.7 Å². The predicted molar refractivity (Wildman–Crippen MR) is 120 cm³/mol. The van der Waals surface area contributed by atoms with Crippen LogP contribution < -0.4 is 4.90 Å². The maximum atomic E-state index is 13.7. The average Bonchev–Trinajstić information content (AvgIpc) is 3.35. The van der Waals surface area contributed by atoms with Crippen molar-refractivity contribution in [1.82, 2.24) is 19.6 Å². The summed E-state index contributed by atoms with van der Waals surface area (Å²) in [7, 11) is 2.13. The number of rotatable bonds is 3. The fraction of sp³-hybridized carbons (Fsp3) is 0.583. The molecule has 0 saturated carbocycles. The molecule has 1 aromatic carbocycles. The van der Waals surface area contributed by atoms with Crippen LogP contribution in [0, 0.1) is 6.92 Å². The van der Waals surface area contributed by atoms with Gasteiger partial charge in [-0.3, -0.25) is 9.48 Å². The average molecular weight is 444 g/mol. The molecule has 1 fully saturated rings. The Kier molecular flexibility index (Phi) is 5.43. The highest BCUT2D eigenvalue weighted by molar-refractivity contribution is 5.75. The van der Waals surface area contributed by atoms with Crippen LogP contribution in [0.3, 0.4) is 0 Å². The van der Waals surface area contributed by atoms with E-state index in [2.05, 4.69) is 21.5 Å². The lowest BCUT2D eigenvalue weighted by Gasteiger charge is -2.33. The van der Waals surface area contributed by atoms with Gasteiger partial charge < -0.3 is 14.7 Å². The summed E-state index contributed by atoms with van der Waals surface area (Å²) in [5, 5.41) is 5.11. The summed E-state index contributed by atoms with van der Waals surface area (Å²) in [6, 6.07) is 3.89. The van der Waals surface area contributed by atoms with Crippen molar-refractivity contribution in [1.29, 1.82) is 0 Å². The largest absolute Gasteiger partial charge is 0.338 e. The standard InChI is InChI=1S/C24H31F2N5O/c1-15-11-17-5-4-8-30(22(17)12-19(15)23(25)26)24-20-14-29(16(2)32)10-7-21(20)31(27-24)18-6-9-28(3)13-18/h11-12,18,23H,4-10,13-14H2,1-3H3. The van der Waals surface area contributed by atoms with Crippen LogP contribution in [-0.2, 0) is 24.2 Å². The first-order valence-electron chi connectivity index (χ1n) is 11.6. The highest BCUT2D eigenvalue weighted by Gasteiger charge is 2.34. The number of alkyl halides is 2. The van der Waals surface area contributed by atoms with Crippen molar-refractivity contribution in [3.63, 3.8) is 0 Å². The van der Waals surface area contributed by atoms with E-state index in [9.17, 15) is 13.6 Å². The van der Waals surface area contributed by atoms with Crippen LogP contribution in [0.25, 0.3) is 0 Å². The maximum absolute atomic E-state index is 13.7. The van der Waals surface area contributed by atoms with Crippen LogP contribution in [0.15, 0.2) is 12.1 Å². The van der Waals surface area contributed by atoms with Crippen molar-refractivity contribution >= 4 is 17.4 Å². The Balaban J connectivity index is 1.62. The summed E-state index contributed by atoms with van der Waals surface area (Å²) >= 11 is 0. The van der Waals surface area contributed by atoms with E-state index in [1.54, 1.807) is 19.9 Å². The molecular weight excluding hydrogens is 412 g/mol. The molecule has 32 heavy (non-hydrogen) atoms. The Labute approximate surface area is 187 Å². The summed E-state index contributed by atoms with van der Waals surface area (Å²) in [4.78, 5) is 18.5. The highest BCUT2D eigenvalue weighted by atomic mass is 19.3. The van der Waals surface area contributed by atoms with E-state index in [-0.39, 0.29) is 11.5 Å². The SMILES string of the molecule is CC(=O)N1CCc2c(c(N3CCCc4cc(C)c(C(F)F)cc43)nn2C2CCN(C)C2)C1. The van der Waals surface area contributed by atoms with E-state index in [1.807, 2.05) is 11.0 Å². The Morgan fingerprint density at radius 3 is 2.69 bits per heavy atom. The molecule has 5 rings (SSSR count). The molecule has 3 aliphatic heterocycles. The molecule has 172 valence electrons. The minimum atomic E-state index is -2.50. The van der Waals surface area contributed by atoms with Crippen molar-refractivity contribution in [3.8, 4) is 0 Å². The van der Waals surface area contributed by atoms with Crippen LogP contribution in [-0.4, -0.2) is 58.7 Å². The van der Waals surface area contributed by atoms with E-state index in [1.165, 1.54) is 5.69 Å². The number of fused-ring (bicyclic) bond motifs is 2. The molecule has 1 unspecified atom stereocenters. The second-order valence-electron chi connectivity index (χ2n) is 9.48. The number of carbonyl (C=O) groups is 1. The van der Waals surface area contributed by atoms with Crippen molar-refractivity contribution in [2.24, 2.45) is 0 Å². The normalized spacial score (nSPS) is 21.2.